The number of halogens is 1. The Morgan fingerprint density at radius 3 is 2.65 bits per heavy atom. The number of hydrogen-bond donors (Lipinski definition) is 1. The Morgan fingerprint density at radius 1 is 1.27 bits per heavy atom. The van der Waals surface area contributed by atoms with Crippen molar-refractivity contribution < 1.29 is 9.72 Å². The van der Waals surface area contributed by atoms with E-state index >= 15 is 0 Å². The summed E-state index contributed by atoms with van der Waals surface area (Å²) in [7, 11) is 0. The molecule has 3 rings (SSSR count). The average Bonchev–Trinajstić information content (AvgIpc) is 3.17. The van der Waals surface area contributed by atoms with E-state index in [1.165, 1.54) is 16.9 Å². The molecule has 0 spiro atoms. The molecule has 1 amide bonds. The highest BCUT2D eigenvalue weighted by Crippen LogP contribution is 2.14. The monoisotopic (exact) mass is 374 g/mol. The number of nitro groups is 1. The summed E-state index contributed by atoms with van der Waals surface area (Å²) in [5.41, 5.74) is 1.91. The first-order valence-corrected chi connectivity index (χ1v) is 8.05. The molecule has 134 valence electrons. The fourth-order valence-corrected chi connectivity index (χ4v) is 2.49. The third-order valence-electron chi connectivity index (χ3n) is 3.61. The van der Waals surface area contributed by atoms with Crippen molar-refractivity contribution in [3.8, 4) is 0 Å². The Bertz CT molecular complexity index is 947. The van der Waals surface area contributed by atoms with E-state index in [0.29, 0.717) is 17.4 Å². The molecule has 0 unspecified atom stereocenters. The van der Waals surface area contributed by atoms with Gasteiger partial charge in [0.2, 0.25) is 5.91 Å². The average molecular weight is 375 g/mol. The van der Waals surface area contributed by atoms with Crippen LogP contribution in [-0.2, 0) is 17.9 Å². The lowest BCUT2D eigenvalue weighted by atomic mass is 10.2. The van der Waals surface area contributed by atoms with E-state index in [-0.39, 0.29) is 18.3 Å². The van der Waals surface area contributed by atoms with Gasteiger partial charge in [-0.25, -0.2) is 0 Å². The molecule has 0 saturated carbocycles. The van der Waals surface area contributed by atoms with Gasteiger partial charge in [0.25, 0.3) is 0 Å². The quantitative estimate of drug-likeness (QED) is 0.527. The van der Waals surface area contributed by atoms with Gasteiger partial charge in [0.1, 0.15) is 6.54 Å². The number of aryl methyl sites for hydroxylation is 1. The molecule has 0 aliphatic rings. The van der Waals surface area contributed by atoms with Gasteiger partial charge in [0.05, 0.1) is 23.9 Å². The van der Waals surface area contributed by atoms with E-state index in [1.54, 1.807) is 10.7 Å². The molecule has 0 saturated heterocycles. The highest BCUT2D eigenvalue weighted by atomic mass is 35.5. The minimum atomic E-state index is -0.615. The molecule has 0 atom stereocenters. The number of rotatable bonds is 6. The summed E-state index contributed by atoms with van der Waals surface area (Å²) in [6.07, 6.45) is 1.38. The molecule has 0 bridgehead atoms. The topological polar surface area (TPSA) is 108 Å². The number of carbonyl (C=O) groups is 1. The second kappa shape index (κ2) is 7.36. The van der Waals surface area contributed by atoms with Crippen LogP contribution < -0.4 is 5.32 Å². The summed E-state index contributed by atoms with van der Waals surface area (Å²) in [6, 6.07) is 10.4. The van der Waals surface area contributed by atoms with Gasteiger partial charge in [-0.3, -0.25) is 9.48 Å². The first kappa shape index (κ1) is 17.6. The molecule has 1 aromatic carbocycles. The third-order valence-corrected chi connectivity index (χ3v) is 3.87. The number of benzene rings is 1. The van der Waals surface area contributed by atoms with Gasteiger partial charge < -0.3 is 15.4 Å². The van der Waals surface area contributed by atoms with Gasteiger partial charge in [-0.2, -0.15) is 9.78 Å². The Balaban J connectivity index is 1.63. The van der Waals surface area contributed by atoms with Crippen molar-refractivity contribution in [1.29, 1.82) is 0 Å². The second-order valence-corrected chi connectivity index (χ2v) is 6.07. The number of anilines is 1. The molecule has 10 heteroatoms. The number of hydrogen-bond acceptors (Lipinski definition) is 5. The van der Waals surface area contributed by atoms with Gasteiger partial charge in [-0.15, -0.1) is 0 Å². The molecule has 26 heavy (non-hydrogen) atoms. The summed E-state index contributed by atoms with van der Waals surface area (Å²) in [5, 5.41) is 22.0. The number of aromatic nitrogens is 4. The second-order valence-electron chi connectivity index (χ2n) is 5.63. The molecule has 2 aromatic heterocycles. The Kier molecular flexibility index (Phi) is 4.99. The van der Waals surface area contributed by atoms with Gasteiger partial charge in [-0.05, 0) is 29.5 Å². The molecule has 2 heterocycles. The Hall–Kier alpha value is -3.20. The standard InChI is InChI=1S/C16H15ClN6O3/c1-11-8-14(19-22(11)9-12-2-4-13(17)5-3-12)18-16(24)10-21-7-6-15(20-21)23(25)26/h2-8H,9-10H2,1H3,(H,18,19,24). The van der Waals surface area contributed by atoms with E-state index in [1.807, 2.05) is 31.2 Å². The molecule has 0 aliphatic carbocycles. The zero-order chi connectivity index (χ0) is 18.7. The van der Waals surface area contributed by atoms with Crippen LogP contribution >= 0.6 is 11.6 Å². The SMILES string of the molecule is Cc1cc(NC(=O)Cn2ccc([N+](=O)[O-])n2)nn1Cc1ccc(Cl)cc1. The third kappa shape index (κ3) is 4.25. The van der Waals surface area contributed by atoms with E-state index in [4.69, 9.17) is 11.6 Å². The maximum absolute atomic E-state index is 12.1. The van der Waals surface area contributed by atoms with Crippen molar-refractivity contribution in [2.24, 2.45) is 0 Å². The van der Waals surface area contributed by atoms with E-state index < -0.39 is 4.92 Å². The van der Waals surface area contributed by atoms with Crippen LogP contribution in [0.5, 0.6) is 0 Å². The molecule has 0 radical (unpaired) electrons. The molecule has 0 aliphatic heterocycles. The molecule has 0 fully saturated rings. The largest absolute Gasteiger partial charge is 0.389 e. The minimum Gasteiger partial charge on any atom is -0.358 e. The zero-order valence-corrected chi connectivity index (χ0v) is 14.6. The van der Waals surface area contributed by atoms with Gasteiger partial charge in [-0.1, -0.05) is 23.7 Å². The van der Waals surface area contributed by atoms with Crippen LogP contribution in [0.1, 0.15) is 11.3 Å². The van der Waals surface area contributed by atoms with Crippen molar-refractivity contribution in [3.63, 3.8) is 0 Å². The number of carbonyl (C=O) groups excluding carboxylic acids is 1. The van der Waals surface area contributed by atoms with Crippen molar-refractivity contribution in [2.45, 2.75) is 20.0 Å². The predicted octanol–water partition coefficient (Wildman–Crippen LogP) is 2.64. The molecular formula is C16H15ClN6O3. The first-order chi connectivity index (χ1) is 12.4. The smallest absolute Gasteiger partial charge is 0.358 e. The first-order valence-electron chi connectivity index (χ1n) is 7.67. The number of amides is 1. The lowest BCUT2D eigenvalue weighted by molar-refractivity contribution is -0.389. The minimum absolute atomic E-state index is 0.142. The molecule has 1 N–H and O–H groups in total. The molecular weight excluding hydrogens is 360 g/mol. The lowest BCUT2D eigenvalue weighted by Crippen LogP contribution is -2.19. The van der Waals surface area contributed by atoms with Crippen LogP contribution in [0.25, 0.3) is 0 Å². The maximum Gasteiger partial charge on any atom is 0.389 e. The number of nitrogens with zero attached hydrogens (tertiary/aromatic N) is 5. The summed E-state index contributed by atoms with van der Waals surface area (Å²) in [5.74, 6) is -0.275. The van der Waals surface area contributed by atoms with Gasteiger partial charge >= 0.3 is 5.82 Å². The highest BCUT2D eigenvalue weighted by Gasteiger charge is 2.14. The van der Waals surface area contributed by atoms with Crippen LogP contribution in [-0.4, -0.2) is 30.4 Å². The highest BCUT2D eigenvalue weighted by molar-refractivity contribution is 6.30. The van der Waals surface area contributed by atoms with Gasteiger partial charge in [0.15, 0.2) is 5.82 Å². The van der Waals surface area contributed by atoms with Crippen LogP contribution in [0.3, 0.4) is 0 Å². The molecule has 3 aromatic rings. The fraction of sp³-hybridized carbons (Fsp3) is 0.188. The van der Waals surface area contributed by atoms with Crippen molar-refractivity contribution in [1.82, 2.24) is 19.6 Å². The summed E-state index contributed by atoms with van der Waals surface area (Å²) in [6.45, 7) is 2.29. The summed E-state index contributed by atoms with van der Waals surface area (Å²) in [4.78, 5) is 22.1. The summed E-state index contributed by atoms with van der Waals surface area (Å²) < 4.78 is 2.96. The van der Waals surface area contributed by atoms with Crippen LogP contribution in [0.2, 0.25) is 5.02 Å². The van der Waals surface area contributed by atoms with E-state index in [0.717, 1.165) is 11.3 Å². The molecule has 9 nitrogen and oxygen atoms in total. The van der Waals surface area contributed by atoms with Gasteiger partial charge in [0, 0.05) is 16.8 Å². The van der Waals surface area contributed by atoms with Crippen molar-refractivity contribution in [3.05, 3.63) is 69.0 Å². The van der Waals surface area contributed by atoms with Crippen LogP contribution in [0.4, 0.5) is 11.6 Å². The fourth-order valence-electron chi connectivity index (χ4n) is 2.36. The maximum atomic E-state index is 12.1. The van der Waals surface area contributed by atoms with Crippen LogP contribution in [0.15, 0.2) is 42.6 Å². The van der Waals surface area contributed by atoms with Crippen molar-refractivity contribution >= 4 is 29.1 Å². The Labute approximate surface area is 153 Å². The normalized spacial score (nSPS) is 10.7. The Morgan fingerprint density at radius 2 is 2.00 bits per heavy atom. The van der Waals surface area contributed by atoms with E-state index in [2.05, 4.69) is 15.5 Å². The number of nitrogens with one attached hydrogen (secondary N) is 1. The zero-order valence-electron chi connectivity index (χ0n) is 13.8. The van der Waals surface area contributed by atoms with Crippen molar-refractivity contribution in [2.75, 3.05) is 5.32 Å². The predicted molar refractivity (Wildman–Crippen MR) is 95.0 cm³/mol. The van der Waals surface area contributed by atoms with Crippen LogP contribution in [0, 0.1) is 17.0 Å². The summed E-state index contributed by atoms with van der Waals surface area (Å²) >= 11 is 5.88. The lowest BCUT2D eigenvalue weighted by Gasteiger charge is -2.04. The van der Waals surface area contributed by atoms with E-state index in [9.17, 15) is 14.9 Å².